The first kappa shape index (κ1) is 25.4. The normalized spacial score (nSPS) is 13.5. The second kappa shape index (κ2) is 12.7. The summed E-state index contributed by atoms with van der Waals surface area (Å²) < 4.78 is 36.4. The molecule has 2 atom stereocenters. The van der Waals surface area contributed by atoms with Gasteiger partial charge in [0.25, 0.3) is 0 Å². The van der Waals surface area contributed by atoms with E-state index in [0.29, 0.717) is 25.7 Å². The lowest BCUT2D eigenvalue weighted by atomic mass is 10.2. The standard InChI is InChI=1S/C20H34O6S/c1-7-9-17(11-13-25-19(21)15(3)4)27(23,24)18(10-8-2)12-14-26-20(22)16(5)6/h17-18H,3,5,7-14H2,1-2,4,6H3. The fourth-order valence-corrected chi connectivity index (χ4v) is 5.20. The van der Waals surface area contributed by atoms with Crippen LogP contribution in [-0.2, 0) is 28.9 Å². The van der Waals surface area contributed by atoms with E-state index in [2.05, 4.69) is 13.2 Å². The Hall–Kier alpha value is -1.63. The summed E-state index contributed by atoms with van der Waals surface area (Å²) in [6.45, 7) is 14.0. The molecular weight excluding hydrogens is 368 g/mol. The lowest BCUT2D eigenvalue weighted by Crippen LogP contribution is -2.34. The molecule has 0 N–H and O–H groups in total. The van der Waals surface area contributed by atoms with E-state index in [9.17, 15) is 18.0 Å². The molecule has 0 radical (unpaired) electrons. The zero-order valence-electron chi connectivity index (χ0n) is 17.1. The van der Waals surface area contributed by atoms with Gasteiger partial charge in [-0.05, 0) is 39.5 Å². The summed E-state index contributed by atoms with van der Waals surface area (Å²) in [4.78, 5) is 23.0. The fraction of sp³-hybridized carbons (Fsp3) is 0.700. The highest BCUT2D eigenvalue weighted by molar-refractivity contribution is 7.92. The maximum absolute atomic E-state index is 13.1. The Bertz CT molecular complexity index is 572. The van der Waals surface area contributed by atoms with Crippen molar-refractivity contribution in [2.24, 2.45) is 0 Å². The lowest BCUT2D eigenvalue weighted by Gasteiger charge is -2.24. The topological polar surface area (TPSA) is 86.7 Å². The molecule has 0 aromatic heterocycles. The van der Waals surface area contributed by atoms with Crippen molar-refractivity contribution in [3.05, 3.63) is 24.3 Å². The Morgan fingerprint density at radius 3 is 1.37 bits per heavy atom. The van der Waals surface area contributed by atoms with Crippen LogP contribution in [0.5, 0.6) is 0 Å². The minimum absolute atomic E-state index is 0.0408. The molecule has 2 unspecified atom stereocenters. The Morgan fingerprint density at radius 2 is 1.11 bits per heavy atom. The molecule has 0 aliphatic rings. The Balaban J connectivity index is 5.03. The first-order valence-electron chi connectivity index (χ1n) is 9.45. The van der Waals surface area contributed by atoms with E-state index >= 15 is 0 Å². The molecule has 0 saturated carbocycles. The van der Waals surface area contributed by atoms with Crippen molar-refractivity contribution in [3.63, 3.8) is 0 Å². The molecule has 27 heavy (non-hydrogen) atoms. The third-order valence-corrected chi connectivity index (χ3v) is 6.99. The minimum atomic E-state index is -3.45. The van der Waals surface area contributed by atoms with E-state index in [-0.39, 0.29) is 37.2 Å². The number of carbonyl (C=O) groups excluding carboxylic acids is 2. The third kappa shape index (κ3) is 9.22. The smallest absolute Gasteiger partial charge is 0.333 e. The van der Waals surface area contributed by atoms with Gasteiger partial charge >= 0.3 is 11.9 Å². The van der Waals surface area contributed by atoms with Gasteiger partial charge in [0.1, 0.15) is 0 Å². The molecule has 0 heterocycles. The number of hydrogen-bond acceptors (Lipinski definition) is 6. The molecule has 0 aromatic carbocycles. The van der Waals surface area contributed by atoms with Crippen molar-refractivity contribution in [2.75, 3.05) is 13.2 Å². The second-order valence-corrected chi connectivity index (χ2v) is 9.33. The van der Waals surface area contributed by atoms with Crippen LogP contribution in [0.4, 0.5) is 0 Å². The Kier molecular flexibility index (Phi) is 11.9. The van der Waals surface area contributed by atoms with Crippen molar-refractivity contribution < 1.29 is 27.5 Å². The van der Waals surface area contributed by atoms with Gasteiger partial charge in [0.2, 0.25) is 0 Å². The summed E-state index contributed by atoms with van der Waals surface area (Å²) in [5, 5.41) is -1.18. The average Bonchev–Trinajstić information content (AvgIpc) is 2.59. The summed E-state index contributed by atoms with van der Waals surface area (Å²) >= 11 is 0. The molecule has 0 fully saturated rings. The third-order valence-electron chi connectivity index (χ3n) is 4.19. The maximum Gasteiger partial charge on any atom is 0.333 e. The van der Waals surface area contributed by atoms with Gasteiger partial charge in [-0.25, -0.2) is 18.0 Å². The number of ether oxygens (including phenoxy) is 2. The van der Waals surface area contributed by atoms with E-state index < -0.39 is 32.3 Å². The zero-order valence-corrected chi connectivity index (χ0v) is 17.9. The van der Waals surface area contributed by atoms with Crippen LogP contribution >= 0.6 is 0 Å². The molecule has 0 aliphatic carbocycles. The van der Waals surface area contributed by atoms with Crippen molar-refractivity contribution in [2.45, 2.75) is 76.7 Å². The molecule has 0 aromatic rings. The van der Waals surface area contributed by atoms with E-state index in [1.807, 2.05) is 13.8 Å². The highest BCUT2D eigenvalue weighted by Gasteiger charge is 2.33. The summed E-state index contributed by atoms with van der Waals surface area (Å²) in [7, 11) is -3.45. The molecular formula is C20H34O6S. The van der Waals surface area contributed by atoms with Gasteiger partial charge in [0.05, 0.1) is 23.7 Å². The monoisotopic (exact) mass is 402 g/mol. The first-order valence-corrected chi connectivity index (χ1v) is 11.1. The van der Waals surface area contributed by atoms with E-state index in [1.54, 1.807) is 13.8 Å². The van der Waals surface area contributed by atoms with Gasteiger partial charge in [0, 0.05) is 11.1 Å². The molecule has 0 aliphatic heterocycles. The van der Waals surface area contributed by atoms with Crippen molar-refractivity contribution >= 4 is 21.8 Å². The Labute approximate surface area is 163 Å². The molecule has 156 valence electrons. The Morgan fingerprint density at radius 1 is 0.778 bits per heavy atom. The van der Waals surface area contributed by atoms with Crippen LogP contribution in [0.15, 0.2) is 24.3 Å². The predicted molar refractivity (Wildman–Crippen MR) is 107 cm³/mol. The zero-order chi connectivity index (χ0) is 21.0. The van der Waals surface area contributed by atoms with Crippen molar-refractivity contribution in [1.29, 1.82) is 0 Å². The van der Waals surface area contributed by atoms with Crippen LogP contribution in [0, 0.1) is 0 Å². The molecule has 6 nitrogen and oxygen atoms in total. The quantitative estimate of drug-likeness (QED) is 0.325. The van der Waals surface area contributed by atoms with Crippen LogP contribution in [0.3, 0.4) is 0 Å². The second-order valence-electron chi connectivity index (χ2n) is 6.82. The molecule has 0 spiro atoms. The van der Waals surface area contributed by atoms with Gasteiger partial charge < -0.3 is 9.47 Å². The number of sulfone groups is 1. The van der Waals surface area contributed by atoms with Crippen molar-refractivity contribution in [1.82, 2.24) is 0 Å². The van der Waals surface area contributed by atoms with Gasteiger partial charge in [-0.3, -0.25) is 0 Å². The highest BCUT2D eigenvalue weighted by atomic mass is 32.2. The van der Waals surface area contributed by atoms with Crippen LogP contribution in [-0.4, -0.2) is 44.1 Å². The number of carbonyl (C=O) groups is 2. The predicted octanol–water partition coefficient (Wildman–Crippen LogP) is 3.76. The number of hydrogen-bond donors (Lipinski definition) is 0. The highest BCUT2D eigenvalue weighted by Crippen LogP contribution is 2.24. The summed E-state index contributed by atoms with van der Waals surface area (Å²) in [6, 6.07) is 0. The number of rotatable bonds is 14. The summed E-state index contributed by atoms with van der Waals surface area (Å²) in [6.07, 6.45) is 2.92. The molecule has 7 heteroatoms. The first-order chi connectivity index (χ1) is 12.6. The molecule has 0 amide bonds. The summed E-state index contributed by atoms with van der Waals surface area (Å²) in [5.74, 6) is -1.03. The van der Waals surface area contributed by atoms with E-state index in [1.165, 1.54) is 0 Å². The largest absolute Gasteiger partial charge is 0.462 e. The van der Waals surface area contributed by atoms with Crippen molar-refractivity contribution in [3.8, 4) is 0 Å². The molecule has 0 bridgehead atoms. The van der Waals surface area contributed by atoms with Crippen LogP contribution in [0.1, 0.15) is 66.2 Å². The van der Waals surface area contributed by atoms with E-state index in [4.69, 9.17) is 9.47 Å². The SMILES string of the molecule is C=C(C)C(=O)OCCC(CCC)S(=O)(=O)C(CCC)CCOC(=O)C(=C)C. The molecule has 0 rings (SSSR count). The summed E-state index contributed by atoms with van der Waals surface area (Å²) in [5.41, 5.74) is 0.571. The van der Waals surface area contributed by atoms with Gasteiger partial charge in [-0.2, -0.15) is 0 Å². The van der Waals surface area contributed by atoms with Crippen LogP contribution < -0.4 is 0 Å². The lowest BCUT2D eigenvalue weighted by molar-refractivity contribution is -0.139. The maximum atomic E-state index is 13.1. The van der Waals surface area contributed by atoms with Gasteiger partial charge in [-0.15, -0.1) is 0 Å². The van der Waals surface area contributed by atoms with Crippen LogP contribution in [0.2, 0.25) is 0 Å². The van der Waals surface area contributed by atoms with Gasteiger partial charge in [-0.1, -0.05) is 39.8 Å². The molecule has 0 saturated heterocycles. The fourth-order valence-electron chi connectivity index (χ4n) is 2.67. The van der Waals surface area contributed by atoms with Crippen LogP contribution in [0.25, 0.3) is 0 Å². The van der Waals surface area contributed by atoms with E-state index in [0.717, 1.165) is 0 Å². The van der Waals surface area contributed by atoms with Gasteiger partial charge in [0.15, 0.2) is 9.84 Å². The number of esters is 2. The minimum Gasteiger partial charge on any atom is -0.462 e. The average molecular weight is 403 g/mol.